The van der Waals surface area contributed by atoms with Crippen LogP contribution in [0.25, 0.3) is 0 Å². The molecule has 0 aliphatic heterocycles. The third-order valence-electron chi connectivity index (χ3n) is 3.83. The summed E-state index contributed by atoms with van der Waals surface area (Å²) < 4.78 is 6.18. The highest BCUT2D eigenvalue weighted by atomic mass is 32.2. The molecule has 21 heavy (non-hydrogen) atoms. The van der Waals surface area contributed by atoms with E-state index < -0.39 is 0 Å². The lowest BCUT2D eigenvalue weighted by molar-refractivity contribution is 0.128. The predicted molar refractivity (Wildman–Crippen MR) is 87.4 cm³/mol. The Kier molecular flexibility index (Phi) is 5.79. The zero-order valence-corrected chi connectivity index (χ0v) is 13.5. The molecule has 1 aliphatic carbocycles. The van der Waals surface area contributed by atoms with Crippen LogP contribution in [0.15, 0.2) is 28.3 Å². The lowest BCUT2D eigenvalue weighted by Crippen LogP contribution is -2.26. The molecule has 2 unspecified atom stereocenters. The molecule has 3 N–H and O–H groups in total. The number of nitrogens with two attached hydrogens (primary N) is 1. The smallest absolute Gasteiger partial charge is 0.174 e. The summed E-state index contributed by atoms with van der Waals surface area (Å²) in [5.74, 6) is 2.47. The largest absolute Gasteiger partial charge is 0.490 e. The minimum atomic E-state index is 0.116. The Bertz CT molecular complexity index is 505. The summed E-state index contributed by atoms with van der Waals surface area (Å²) in [5, 5.41) is 12.2. The van der Waals surface area contributed by atoms with E-state index in [1.54, 1.807) is 11.8 Å². The molecule has 0 bridgehead atoms. The van der Waals surface area contributed by atoms with Gasteiger partial charge in [-0.1, -0.05) is 31.5 Å². The van der Waals surface area contributed by atoms with Crippen molar-refractivity contribution >= 4 is 17.6 Å². The van der Waals surface area contributed by atoms with Gasteiger partial charge in [0.05, 0.1) is 11.7 Å². The van der Waals surface area contributed by atoms with E-state index in [2.05, 4.69) is 19.0 Å². The van der Waals surface area contributed by atoms with E-state index >= 15 is 0 Å². The van der Waals surface area contributed by atoms with Crippen molar-refractivity contribution in [3.8, 4) is 5.75 Å². The van der Waals surface area contributed by atoms with Crippen molar-refractivity contribution in [2.45, 2.75) is 50.5 Å². The molecule has 1 aliphatic rings. The summed E-state index contributed by atoms with van der Waals surface area (Å²) in [4.78, 5) is 0.995. The molecule has 0 amide bonds. The van der Waals surface area contributed by atoms with Gasteiger partial charge in [0.15, 0.2) is 5.84 Å². The first-order valence-electron chi connectivity index (χ1n) is 7.56. The Morgan fingerprint density at radius 1 is 1.48 bits per heavy atom. The first-order chi connectivity index (χ1) is 10.2. The van der Waals surface area contributed by atoms with Gasteiger partial charge in [-0.05, 0) is 43.1 Å². The molecule has 0 heterocycles. The monoisotopic (exact) mass is 308 g/mol. The van der Waals surface area contributed by atoms with E-state index in [0.29, 0.717) is 11.5 Å². The Hall–Kier alpha value is -1.36. The molecule has 2 atom stereocenters. The van der Waals surface area contributed by atoms with E-state index in [1.165, 1.54) is 12.8 Å². The maximum absolute atomic E-state index is 9.05. The molecule has 0 aromatic heterocycles. The summed E-state index contributed by atoms with van der Waals surface area (Å²) in [7, 11) is 0. The second-order valence-electron chi connectivity index (χ2n) is 5.56. The molecule has 5 heteroatoms. The molecular weight excluding hydrogens is 284 g/mol. The fourth-order valence-electron chi connectivity index (χ4n) is 2.85. The van der Waals surface area contributed by atoms with Crippen LogP contribution in [-0.4, -0.2) is 22.9 Å². The van der Waals surface area contributed by atoms with Crippen molar-refractivity contribution in [3.05, 3.63) is 23.8 Å². The van der Waals surface area contributed by atoms with Crippen LogP contribution in [0.1, 0.15) is 45.1 Å². The topological polar surface area (TPSA) is 67.8 Å². The van der Waals surface area contributed by atoms with Crippen LogP contribution >= 0.6 is 11.8 Å². The van der Waals surface area contributed by atoms with Gasteiger partial charge in [0.1, 0.15) is 5.75 Å². The van der Waals surface area contributed by atoms with E-state index in [9.17, 15) is 0 Å². The van der Waals surface area contributed by atoms with Gasteiger partial charge in [0.25, 0.3) is 0 Å². The molecule has 0 radical (unpaired) electrons. The summed E-state index contributed by atoms with van der Waals surface area (Å²) in [6.45, 7) is 4.35. The van der Waals surface area contributed by atoms with Gasteiger partial charge in [0, 0.05) is 4.90 Å². The minimum absolute atomic E-state index is 0.116. The lowest BCUT2D eigenvalue weighted by atomic mass is 9.88. The van der Waals surface area contributed by atoms with E-state index in [1.807, 2.05) is 18.2 Å². The van der Waals surface area contributed by atoms with Crippen LogP contribution in [-0.2, 0) is 0 Å². The number of hydrogen-bond donors (Lipinski definition) is 2. The average Bonchev–Trinajstić information content (AvgIpc) is 2.47. The molecule has 1 saturated carbocycles. The molecule has 1 aromatic carbocycles. The van der Waals surface area contributed by atoms with Crippen molar-refractivity contribution in [2.24, 2.45) is 16.8 Å². The number of benzene rings is 1. The lowest BCUT2D eigenvalue weighted by Gasteiger charge is -2.28. The van der Waals surface area contributed by atoms with Gasteiger partial charge in [-0.25, -0.2) is 0 Å². The van der Waals surface area contributed by atoms with Crippen molar-refractivity contribution < 1.29 is 9.94 Å². The number of nitrogens with zero attached hydrogens (tertiary/aromatic N) is 1. The zero-order chi connectivity index (χ0) is 15.2. The first kappa shape index (κ1) is 16.0. The molecule has 0 saturated heterocycles. The molecule has 1 aromatic rings. The second kappa shape index (κ2) is 7.59. The van der Waals surface area contributed by atoms with Crippen molar-refractivity contribution in [3.63, 3.8) is 0 Å². The van der Waals surface area contributed by atoms with Gasteiger partial charge in [-0.3, -0.25) is 0 Å². The number of amidine groups is 1. The number of thioether (sulfide) groups is 1. The van der Waals surface area contributed by atoms with Crippen LogP contribution < -0.4 is 10.5 Å². The normalized spacial score (nSPS) is 23.0. The maximum atomic E-state index is 9.05. The third-order valence-corrected chi connectivity index (χ3v) is 4.77. The van der Waals surface area contributed by atoms with E-state index in [0.717, 1.165) is 29.2 Å². The Morgan fingerprint density at radius 3 is 2.95 bits per heavy atom. The van der Waals surface area contributed by atoms with Gasteiger partial charge >= 0.3 is 0 Å². The zero-order valence-electron chi connectivity index (χ0n) is 12.7. The molecule has 1 fully saturated rings. The van der Waals surface area contributed by atoms with Crippen LogP contribution in [0, 0.1) is 5.92 Å². The highest BCUT2D eigenvalue weighted by Crippen LogP contribution is 2.33. The first-order valence-corrected chi connectivity index (χ1v) is 8.54. The van der Waals surface area contributed by atoms with Gasteiger partial charge in [0.2, 0.25) is 0 Å². The second-order valence-corrected chi connectivity index (χ2v) is 6.87. The summed E-state index contributed by atoms with van der Waals surface area (Å²) in [6, 6.07) is 5.86. The fraction of sp³-hybridized carbons (Fsp3) is 0.562. The highest BCUT2D eigenvalue weighted by Gasteiger charge is 2.23. The molecular formula is C16H24N2O2S. The van der Waals surface area contributed by atoms with Crippen LogP contribution in [0.2, 0.25) is 0 Å². The van der Waals surface area contributed by atoms with Crippen LogP contribution in [0.3, 0.4) is 0 Å². The quantitative estimate of drug-likeness (QED) is 0.285. The molecule has 0 spiro atoms. The van der Waals surface area contributed by atoms with Gasteiger partial charge in [-0.2, -0.15) is 0 Å². The number of hydrogen-bond acceptors (Lipinski definition) is 4. The standard InChI is InChI=1S/C16H24N2O2S/c1-3-21-14-9-5-8-13(15(14)16(17)18-19)20-12-7-4-6-11(2)10-12/h5,8-9,11-12,19H,3-4,6-7,10H2,1-2H3,(H2,17,18). The van der Waals surface area contributed by atoms with Crippen molar-refractivity contribution in [1.29, 1.82) is 0 Å². The predicted octanol–water partition coefficient (Wildman–Crippen LogP) is 3.85. The van der Waals surface area contributed by atoms with Crippen LogP contribution in [0.4, 0.5) is 0 Å². The highest BCUT2D eigenvalue weighted by molar-refractivity contribution is 7.99. The number of oxime groups is 1. The molecule has 2 rings (SSSR count). The Balaban J connectivity index is 2.27. The number of rotatable bonds is 5. The van der Waals surface area contributed by atoms with Crippen LogP contribution in [0.5, 0.6) is 5.75 Å². The van der Waals surface area contributed by atoms with Crippen molar-refractivity contribution in [1.82, 2.24) is 0 Å². The summed E-state index contributed by atoms with van der Waals surface area (Å²) in [6.07, 6.45) is 4.85. The summed E-state index contributed by atoms with van der Waals surface area (Å²) in [5.41, 5.74) is 6.58. The van der Waals surface area contributed by atoms with Crippen molar-refractivity contribution in [2.75, 3.05) is 5.75 Å². The third kappa shape index (κ3) is 4.06. The fourth-order valence-corrected chi connectivity index (χ4v) is 3.69. The number of ether oxygens (including phenoxy) is 1. The maximum Gasteiger partial charge on any atom is 0.174 e. The summed E-state index contributed by atoms with van der Waals surface area (Å²) >= 11 is 1.67. The Labute approximate surface area is 130 Å². The van der Waals surface area contributed by atoms with Gasteiger partial charge < -0.3 is 15.7 Å². The Morgan fingerprint density at radius 2 is 2.29 bits per heavy atom. The van der Waals surface area contributed by atoms with E-state index in [4.69, 9.17) is 15.7 Å². The van der Waals surface area contributed by atoms with Gasteiger partial charge in [-0.15, -0.1) is 11.8 Å². The SMILES string of the molecule is CCSc1cccc(OC2CCCC(C)C2)c1/C(N)=N/O. The van der Waals surface area contributed by atoms with E-state index in [-0.39, 0.29) is 11.9 Å². The minimum Gasteiger partial charge on any atom is -0.490 e. The molecule has 116 valence electrons. The average molecular weight is 308 g/mol. The molecule has 4 nitrogen and oxygen atoms in total.